The number of benzene rings is 1. The zero-order chi connectivity index (χ0) is 12.8. The van der Waals surface area contributed by atoms with Gasteiger partial charge < -0.3 is 4.74 Å². The van der Waals surface area contributed by atoms with Crippen molar-refractivity contribution in [1.82, 2.24) is 4.98 Å². The fourth-order valence-electron chi connectivity index (χ4n) is 1.81. The molecule has 1 aromatic heterocycles. The summed E-state index contributed by atoms with van der Waals surface area (Å²) in [6, 6.07) is 13.8. The summed E-state index contributed by atoms with van der Waals surface area (Å²) in [6.45, 7) is 2.20. The maximum absolute atomic E-state index is 11.5. The second kappa shape index (κ2) is 5.96. The number of hydrogen-bond acceptors (Lipinski definition) is 3. The van der Waals surface area contributed by atoms with Crippen LogP contribution in [0.2, 0.25) is 0 Å². The summed E-state index contributed by atoms with van der Waals surface area (Å²) in [6.07, 6.45) is 1.90. The molecule has 0 aliphatic carbocycles. The monoisotopic (exact) mass is 241 g/mol. The molecule has 92 valence electrons. The molecule has 2 rings (SSSR count). The van der Waals surface area contributed by atoms with E-state index >= 15 is 0 Å². The number of nitrogens with zero attached hydrogens (tertiary/aromatic N) is 1. The van der Waals surface area contributed by atoms with E-state index < -0.39 is 0 Å². The number of hydrogen-bond donors (Lipinski definition) is 0. The minimum atomic E-state index is -0.242. The lowest BCUT2D eigenvalue weighted by Gasteiger charge is -2.08. The lowest BCUT2D eigenvalue weighted by atomic mass is 10.0. The summed E-state index contributed by atoms with van der Waals surface area (Å²) < 4.78 is 4.96. The van der Waals surface area contributed by atoms with Crippen LogP contribution >= 0.6 is 0 Å². The quantitative estimate of drug-likeness (QED) is 0.773. The van der Waals surface area contributed by atoms with E-state index in [0.717, 1.165) is 16.8 Å². The smallest absolute Gasteiger partial charge is 0.311 e. The number of carbonyl (C=O) groups is 1. The van der Waals surface area contributed by atoms with Crippen molar-refractivity contribution in [3.05, 3.63) is 54.4 Å². The highest BCUT2D eigenvalue weighted by Crippen LogP contribution is 2.22. The third-order valence-corrected chi connectivity index (χ3v) is 2.59. The van der Waals surface area contributed by atoms with Crippen LogP contribution < -0.4 is 0 Å². The van der Waals surface area contributed by atoms with Gasteiger partial charge in [-0.05, 0) is 18.6 Å². The number of rotatable bonds is 4. The highest BCUT2D eigenvalue weighted by atomic mass is 16.5. The molecule has 0 radical (unpaired) electrons. The Bertz CT molecular complexity index is 523. The zero-order valence-electron chi connectivity index (χ0n) is 10.3. The molecule has 0 unspecified atom stereocenters. The molecule has 18 heavy (non-hydrogen) atoms. The minimum absolute atomic E-state index is 0.207. The third-order valence-electron chi connectivity index (χ3n) is 2.59. The third kappa shape index (κ3) is 2.94. The molecule has 0 N–H and O–H groups in total. The van der Waals surface area contributed by atoms with Crippen molar-refractivity contribution in [1.29, 1.82) is 0 Å². The molecule has 1 aromatic carbocycles. The molecule has 0 saturated carbocycles. The van der Waals surface area contributed by atoms with Gasteiger partial charge in [0, 0.05) is 11.8 Å². The average Bonchev–Trinajstić information content (AvgIpc) is 2.40. The molecule has 0 amide bonds. The number of pyridine rings is 1. The largest absolute Gasteiger partial charge is 0.466 e. The van der Waals surface area contributed by atoms with Crippen LogP contribution in [0.15, 0.2) is 48.7 Å². The molecule has 3 nitrogen and oxygen atoms in total. The molecule has 0 spiro atoms. The first-order valence-corrected chi connectivity index (χ1v) is 5.96. The van der Waals surface area contributed by atoms with Crippen LogP contribution in [0.1, 0.15) is 12.6 Å². The van der Waals surface area contributed by atoms with Crippen molar-refractivity contribution in [3.8, 4) is 11.1 Å². The van der Waals surface area contributed by atoms with Crippen molar-refractivity contribution in [2.24, 2.45) is 0 Å². The van der Waals surface area contributed by atoms with Crippen LogP contribution in [-0.2, 0) is 16.0 Å². The van der Waals surface area contributed by atoms with Gasteiger partial charge in [-0.25, -0.2) is 0 Å². The van der Waals surface area contributed by atoms with E-state index in [4.69, 9.17) is 4.74 Å². The Morgan fingerprint density at radius 1 is 1.17 bits per heavy atom. The van der Waals surface area contributed by atoms with Crippen molar-refractivity contribution in [2.45, 2.75) is 13.3 Å². The Hall–Kier alpha value is -2.16. The number of carbonyl (C=O) groups excluding carboxylic acids is 1. The van der Waals surface area contributed by atoms with Gasteiger partial charge in [-0.2, -0.15) is 0 Å². The summed E-state index contributed by atoms with van der Waals surface area (Å²) in [4.78, 5) is 15.8. The van der Waals surface area contributed by atoms with Gasteiger partial charge in [0.1, 0.15) is 0 Å². The molecule has 0 bridgehead atoms. The molecule has 0 saturated heterocycles. The van der Waals surface area contributed by atoms with E-state index in [1.807, 2.05) is 42.5 Å². The summed E-state index contributed by atoms with van der Waals surface area (Å²) in [5, 5.41) is 0. The topological polar surface area (TPSA) is 39.2 Å². The van der Waals surface area contributed by atoms with E-state index in [-0.39, 0.29) is 12.4 Å². The van der Waals surface area contributed by atoms with Crippen molar-refractivity contribution < 1.29 is 9.53 Å². The average molecular weight is 241 g/mol. The van der Waals surface area contributed by atoms with Gasteiger partial charge in [-0.1, -0.05) is 36.4 Å². The van der Waals surface area contributed by atoms with Crippen molar-refractivity contribution in [2.75, 3.05) is 6.61 Å². The number of aromatic nitrogens is 1. The van der Waals surface area contributed by atoms with Crippen molar-refractivity contribution >= 4 is 5.97 Å². The highest BCUT2D eigenvalue weighted by molar-refractivity contribution is 5.76. The molecule has 1 heterocycles. The van der Waals surface area contributed by atoms with Crippen LogP contribution in [-0.4, -0.2) is 17.6 Å². The molecule has 0 aliphatic heterocycles. The Labute approximate surface area is 106 Å². The summed E-state index contributed by atoms with van der Waals surface area (Å²) in [5.41, 5.74) is 2.79. The second-order valence-electron chi connectivity index (χ2n) is 3.85. The van der Waals surface area contributed by atoms with E-state index in [2.05, 4.69) is 4.98 Å². The summed E-state index contributed by atoms with van der Waals surface area (Å²) in [7, 11) is 0. The van der Waals surface area contributed by atoms with Crippen LogP contribution in [0.5, 0.6) is 0 Å². The molecule has 2 aromatic rings. The number of esters is 1. The molecule has 0 atom stereocenters. The predicted octanol–water partition coefficient (Wildman–Crippen LogP) is 2.85. The number of ether oxygens (including phenoxy) is 1. The molecule has 0 fully saturated rings. The Kier molecular flexibility index (Phi) is 4.07. The van der Waals surface area contributed by atoms with Gasteiger partial charge in [0.15, 0.2) is 0 Å². The van der Waals surface area contributed by atoms with Crippen LogP contribution in [0.25, 0.3) is 11.1 Å². The van der Waals surface area contributed by atoms with Gasteiger partial charge in [0.05, 0.1) is 18.7 Å². The van der Waals surface area contributed by atoms with E-state index in [1.54, 1.807) is 13.1 Å². The molecular weight excluding hydrogens is 226 g/mol. The highest BCUT2D eigenvalue weighted by Gasteiger charge is 2.10. The van der Waals surface area contributed by atoms with E-state index in [9.17, 15) is 4.79 Å². The maximum Gasteiger partial charge on any atom is 0.311 e. The molecule has 0 aliphatic rings. The summed E-state index contributed by atoms with van der Waals surface area (Å²) in [5.74, 6) is -0.242. The normalized spacial score (nSPS) is 10.1. The van der Waals surface area contributed by atoms with Crippen LogP contribution in [0, 0.1) is 0 Å². The molecule has 3 heteroatoms. The van der Waals surface area contributed by atoms with Gasteiger partial charge in [0.25, 0.3) is 0 Å². The first-order valence-electron chi connectivity index (χ1n) is 5.96. The molecular formula is C15H15NO2. The standard InChI is InChI=1S/C15H15NO2/c1-2-18-15(17)11-14-13(9-6-10-16-14)12-7-4-3-5-8-12/h3-10H,2,11H2,1H3. The lowest BCUT2D eigenvalue weighted by Crippen LogP contribution is -2.09. The fourth-order valence-corrected chi connectivity index (χ4v) is 1.81. The Morgan fingerprint density at radius 3 is 2.67 bits per heavy atom. The second-order valence-corrected chi connectivity index (χ2v) is 3.85. The maximum atomic E-state index is 11.5. The van der Waals surface area contributed by atoms with Crippen molar-refractivity contribution in [3.63, 3.8) is 0 Å². The van der Waals surface area contributed by atoms with Gasteiger partial charge in [-0.3, -0.25) is 9.78 Å². The fraction of sp³-hybridized carbons (Fsp3) is 0.200. The van der Waals surface area contributed by atoms with E-state index in [1.165, 1.54) is 0 Å². The first-order chi connectivity index (χ1) is 8.81. The lowest BCUT2D eigenvalue weighted by molar-refractivity contribution is -0.142. The van der Waals surface area contributed by atoms with E-state index in [0.29, 0.717) is 6.61 Å². The summed E-state index contributed by atoms with van der Waals surface area (Å²) >= 11 is 0. The first kappa shape index (κ1) is 12.3. The Balaban J connectivity index is 2.29. The SMILES string of the molecule is CCOC(=O)Cc1ncccc1-c1ccccc1. The minimum Gasteiger partial charge on any atom is -0.466 e. The zero-order valence-corrected chi connectivity index (χ0v) is 10.3. The Morgan fingerprint density at radius 2 is 1.94 bits per heavy atom. The van der Waals surface area contributed by atoms with Crippen LogP contribution in [0.3, 0.4) is 0 Å². The van der Waals surface area contributed by atoms with Gasteiger partial charge >= 0.3 is 5.97 Å². The van der Waals surface area contributed by atoms with Gasteiger partial charge in [-0.15, -0.1) is 0 Å². The van der Waals surface area contributed by atoms with Crippen LogP contribution in [0.4, 0.5) is 0 Å². The van der Waals surface area contributed by atoms with Gasteiger partial charge in [0.2, 0.25) is 0 Å². The predicted molar refractivity (Wildman–Crippen MR) is 70.0 cm³/mol.